The molecule has 13 heteroatoms. The number of rotatable bonds is 3. The molecule has 0 fully saturated rings. The lowest BCUT2D eigenvalue weighted by atomic mass is 10.0. The smallest absolute Gasteiger partial charge is 0.215 e. The number of alkyl halides is 6. The Labute approximate surface area is 175 Å². The monoisotopic (exact) mass is 449 g/mol. The molecule has 4 aromatic rings. The minimum Gasteiger partial charge on any atom is -0.215 e. The van der Waals surface area contributed by atoms with Crippen LogP contribution in [0.5, 0.6) is 0 Å². The van der Waals surface area contributed by atoms with E-state index in [1.165, 1.54) is 4.68 Å². The molecule has 0 aliphatic carbocycles. The van der Waals surface area contributed by atoms with Crippen molar-refractivity contribution in [3.8, 4) is 29.0 Å². The fourth-order valence-electron chi connectivity index (χ4n) is 2.88. The van der Waals surface area contributed by atoms with Crippen molar-refractivity contribution >= 4 is 0 Å². The fourth-order valence-corrected chi connectivity index (χ4v) is 2.88. The summed E-state index contributed by atoms with van der Waals surface area (Å²) >= 11 is 0. The standard InChI is InChI=1S/C19H9F6N7/c20-18(21,22)12-6-11(7-13(8-12)19(23,24)25)16-27-10-31(29-16)17-15(9-26)28-30-32(17)14-4-2-1-3-5-14/h1-8,10H. The van der Waals surface area contributed by atoms with Crippen molar-refractivity contribution < 1.29 is 26.3 Å². The molecule has 0 bridgehead atoms. The zero-order chi connectivity index (χ0) is 23.1. The van der Waals surface area contributed by atoms with Crippen LogP contribution in [0.4, 0.5) is 26.3 Å². The Morgan fingerprint density at radius 3 is 2.06 bits per heavy atom. The highest BCUT2D eigenvalue weighted by Crippen LogP contribution is 2.38. The van der Waals surface area contributed by atoms with Crippen LogP contribution in [0.2, 0.25) is 0 Å². The molecule has 7 nitrogen and oxygen atoms in total. The predicted molar refractivity (Wildman–Crippen MR) is 96.4 cm³/mol. The summed E-state index contributed by atoms with van der Waals surface area (Å²) in [7, 11) is 0. The van der Waals surface area contributed by atoms with Gasteiger partial charge in [0.05, 0.1) is 16.8 Å². The number of aromatic nitrogens is 6. The molecule has 0 saturated heterocycles. The predicted octanol–water partition coefficient (Wildman–Crippen LogP) is 4.42. The number of hydrogen-bond donors (Lipinski definition) is 0. The lowest BCUT2D eigenvalue weighted by Crippen LogP contribution is -2.11. The van der Waals surface area contributed by atoms with Crippen LogP contribution in [-0.4, -0.2) is 29.8 Å². The maximum absolute atomic E-state index is 13.2. The number of para-hydroxylation sites is 1. The van der Waals surface area contributed by atoms with Crippen LogP contribution in [0.3, 0.4) is 0 Å². The molecule has 162 valence electrons. The molecule has 4 rings (SSSR count). The van der Waals surface area contributed by atoms with Gasteiger partial charge in [0, 0.05) is 5.56 Å². The Bertz CT molecular complexity index is 1280. The highest BCUT2D eigenvalue weighted by atomic mass is 19.4. The average molecular weight is 449 g/mol. The molecule has 2 aromatic heterocycles. The second-order valence-corrected chi connectivity index (χ2v) is 6.43. The number of halogens is 6. The second kappa shape index (κ2) is 7.49. The van der Waals surface area contributed by atoms with Gasteiger partial charge in [0.15, 0.2) is 11.6 Å². The number of hydrogen-bond acceptors (Lipinski definition) is 5. The first-order valence-electron chi connectivity index (χ1n) is 8.71. The SMILES string of the molecule is N#Cc1nnn(-c2ccccc2)c1-n1cnc(-c2cc(C(F)(F)F)cc(C(F)(F)F)c2)n1. The maximum Gasteiger partial charge on any atom is 0.416 e. The van der Waals surface area contributed by atoms with E-state index in [0.717, 1.165) is 11.0 Å². The van der Waals surface area contributed by atoms with Crippen molar-refractivity contribution in [1.82, 2.24) is 29.8 Å². The third-order valence-electron chi connectivity index (χ3n) is 4.31. The van der Waals surface area contributed by atoms with Crippen LogP contribution in [0, 0.1) is 11.3 Å². The summed E-state index contributed by atoms with van der Waals surface area (Å²) in [5.41, 5.74) is -3.17. The number of benzene rings is 2. The normalized spacial score (nSPS) is 12.0. The summed E-state index contributed by atoms with van der Waals surface area (Å²) in [6.07, 6.45) is -8.98. The van der Waals surface area contributed by atoms with Gasteiger partial charge in [-0.3, -0.25) is 0 Å². The lowest BCUT2D eigenvalue weighted by Gasteiger charge is -2.13. The van der Waals surface area contributed by atoms with Gasteiger partial charge in [-0.15, -0.1) is 10.2 Å². The van der Waals surface area contributed by atoms with Crippen LogP contribution >= 0.6 is 0 Å². The van der Waals surface area contributed by atoms with Crippen LogP contribution in [0.1, 0.15) is 16.8 Å². The van der Waals surface area contributed by atoms with Gasteiger partial charge in [-0.05, 0) is 30.3 Å². The van der Waals surface area contributed by atoms with E-state index in [9.17, 15) is 31.6 Å². The van der Waals surface area contributed by atoms with Crippen molar-refractivity contribution in [1.29, 1.82) is 5.26 Å². The molecule has 2 heterocycles. The summed E-state index contributed by atoms with van der Waals surface area (Å²) in [5, 5.41) is 20.9. The zero-order valence-corrected chi connectivity index (χ0v) is 15.6. The molecular weight excluding hydrogens is 440 g/mol. The topological polar surface area (TPSA) is 85.2 Å². The van der Waals surface area contributed by atoms with E-state index in [2.05, 4.69) is 20.4 Å². The molecule has 0 unspecified atom stereocenters. The quantitative estimate of drug-likeness (QED) is 0.432. The number of nitrogens with zero attached hydrogens (tertiary/aromatic N) is 7. The van der Waals surface area contributed by atoms with Crippen molar-refractivity contribution in [2.75, 3.05) is 0 Å². The highest BCUT2D eigenvalue weighted by Gasteiger charge is 2.37. The van der Waals surface area contributed by atoms with Crippen LogP contribution in [-0.2, 0) is 12.4 Å². The summed E-state index contributed by atoms with van der Waals surface area (Å²) in [6.45, 7) is 0. The first-order chi connectivity index (χ1) is 15.1. The van der Waals surface area contributed by atoms with E-state index in [4.69, 9.17) is 0 Å². The molecule has 0 saturated carbocycles. The molecule has 0 amide bonds. The highest BCUT2D eigenvalue weighted by molar-refractivity contribution is 5.58. The van der Waals surface area contributed by atoms with Crippen LogP contribution in [0.25, 0.3) is 22.9 Å². The van der Waals surface area contributed by atoms with E-state index in [-0.39, 0.29) is 17.6 Å². The van der Waals surface area contributed by atoms with E-state index < -0.39 is 34.9 Å². The molecule has 0 aliphatic rings. The summed E-state index contributed by atoms with van der Waals surface area (Å²) in [5.74, 6) is -0.397. The molecule has 2 aromatic carbocycles. The van der Waals surface area contributed by atoms with Crippen LogP contribution < -0.4 is 0 Å². The minimum absolute atomic E-state index is 0.0143. The third kappa shape index (κ3) is 3.89. The third-order valence-corrected chi connectivity index (χ3v) is 4.31. The first-order valence-corrected chi connectivity index (χ1v) is 8.71. The molecular formula is C19H9F6N7. The van der Waals surface area contributed by atoms with Crippen molar-refractivity contribution in [3.63, 3.8) is 0 Å². The minimum atomic E-state index is -5.01. The Morgan fingerprint density at radius 2 is 1.50 bits per heavy atom. The van der Waals surface area contributed by atoms with Crippen molar-refractivity contribution in [2.45, 2.75) is 12.4 Å². The fraction of sp³-hybridized carbons (Fsp3) is 0.105. The molecule has 32 heavy (non-hydrogen) atoms. The summed E-state index contributed by atoms with van der Waals surface area (Å²) in [4.78, 5) is 3.84. The van der Waals surface area contributed by atoms with Gasteiger partial charge >= 0.3 is 12.4 Å². The maximum atomic E-state index is 13.2. The average Bonchev–Trinajstić information content (AvgIpc) is 3.39. The Balaban J connectivity index is 1.85. The van der Waals surface area contributed by atoms with Gasteiger partial charge in [-0.1, -0.05) is 23.4 Å². The van der Waals surface area contributed by atoms with E-state index in [1.807, 2.05) is 6.07 Å². The molecule has 0 aliphatic heterocycles. The Kier molecular flexibility index (Phi) is 4.92. The lowest BCUT2D eigenvalue weighted by molar-refractivity contribution is -0.143. The van der Waals surface area contributed by atoms with E-state index in [1.54, 1.807) is 30.3 Å². The van der Waals surface area contributed by atoms with Gasteiger partial charge in [0.25, 0.3) is 0 Å². The summed E-state index contributed by atoms with van der Waals surface area (Å²) < 4.78 is 81.2. The Hall–Kier alpha value is -4.21. The van der Waals surface area contributed by atoms with Crippen molar-refractivity contribution in [2.24, 2.45) is 0 Å². The Morgan fingerprint density at radius 1 is 0.875 bits per heavy atom. The van der Waals surface area contributed by atoms with Gasteiger partial charge in [-0.25, -0.2) is 4.98 Å². The second-order valence-electron chi connectivity index (χ2n) is 6.43. The summed E-state index contributed by atoms with van der Waals surface area (Å²) in [6, 6.07) is 11.3. The molecule has 0 N–H and O–H groups in total. The van der Waals surface area contributed by atoms with Gasteiger partial charge in [0.2, 0.25) is 5.69 Å². The van der Waals surface area contributed by atoms with Gasteiger partial charge in [-0.2, -0.15) is 41.0 Å². The van der Waals surface area contributed by atoms with Crippen molar-refractivity contribution in [3.05, 3.63) is 71.7 Å². The van der Waals surface area contributed by atoms with E-state index >= 15 is 0 Å². The molecule has 0 atom stereocenters. The number of nitriles is 1. The molecule has 0 spiro atoms. The first kappa shape index (κ1) is 21.0. The van der Waals surface area contributed by atoms with Crippen LogP contribution in [0.15, 0.2) is 54.9 Å². The van der Waals surface area contributed by atoms with E-state index in [0.29, 0.717) is 17.8 Å². The van der Waals surface area contributed by atoms with Gasteiger partial charge < -0.3 is 0 Å². The largest absolute Gasteiger partial charge is 0.416 e. The molecule has 0 radical (unpaired) electrons. The zero-order valence-electron chi connectivity index (χ0n) is 15.6. The van der Waals surface area contributed by atoms with Gasteiger partial charge in [0.1, 0.15) is 12.4 Å².